The number of aryl methyl sites for hydroxylation is 1. The van der Waals surface area contributed by atoms with Crippen molar-refractivity contribution in [1.29, 1.82) is 0 Å². The minimum Gasteiger partial charge on any atom is -0.469 e. The lowest BCUT2D eigenvalue weighted by Crippen LogP contribution is -2.44. The zero-order chi connectivity index (χ0) is 17.1. The molecule has 7 heteroatoms. The molecule has 0 saturated heterocycles. The Morgan fingerprint density at radius 3 is 2.96 bits per heavy atom. The van der Waals surface area contributed by atoms with Crippen LogP contribution in [0.4, 0.5) is 0 Å². The third kappa shape index (κ3) is 3.83. The molecule has 130 valence electrons. The van der Waals surface area contributed by atoms with E-state index in [0.29, 0.717) is 22.9 Å². The van der Waals surface area contributed by atoms with Crippen LogP contribution in [0.5, 0.6) is 0 Å². The maximum Gasteiger partial charge on any atom is 0.277 e. The lowest BCUT2D eigenvalue weighted by Gasteiger charge is -2.34. The van der Waals surface area contributed by atoms with Gasteiger partial charge in [-0.1, -0.05) is 38.5 Å². The number of hydrogen-bond donors (Lipinski definition) is 1. The van der Waals surface area contributed by atoms with Crippen molar-refractivity contribution in [2.24, 2.45) is 11.8 Å². The number of nitrogens with zero attached hydrogens (tertiary/aromatic N) is 2. The standard InChI is InChI=1S/C17H23N3O3S/c1-10-5-4-6-14(11(10)2)18-15(21)9-24-17-20-19-16(23-17)13-7-8-22-12(13)3/h7-8,10-11,14H,4-6,9H2,1-3H3,(H,18,21)/t10-,11-,14-/m1/s1. The number of thioether (sulfide) groups is 1. The third-order valence-corrected chi connectivity index (χ3v) is 5.69. The summed E-state index contributed by atoms with van der Waals surface area (Å²) in [7, 11) is 0. The van der Waals surface area contributed by atoms with Gasteiger partial charge in [-0.3, -0.25) is 4.79 Å². The topological polar surface area (TPSA) is 81.2 Å². The van der Waals surface area contributed by atoms with Crippen LogP contribution in [0.25, 0.3) is 11.5 Å². The highest BCUT2D eigenvalue weighted by molar-refractivity contribution is 7.99. The van der Waals surface area contributed by atoms with Gasteiger partial charge in [0, 0.05) is 6.04 Å². The SMILES string of the molecule is Cc1occc1-c1nnc(SCC(=O)N[C@@H]2CCC[C@@H](C)[C@H]2C)o1. The largest absolute Gasteiger partial charge is 0.469 e. The van der Waals surface area contributed by atoms with Crippen molar-refractivity contribution in [2.75, 3.05) is 5.75 Å². The van der Waals surface area contributed by atoms with Gasteiger partial charge in [0.25, 0.3) is 11.1 Å². The predicted octanol–water partition coefficient (Wildman–Crippen LogP) is 3.67. The number of carbonyl (C=O) groups is 1. The third-order valence-electron chi connectivity index (χ3n) is 4.88. The average Bonchev–Trinajstić information content (AvgIpc) is 3.18. The Morgan fingerprint density at radius 1 is 1.38 bits per heavy atom. The maximum absolute atomic E-state index is 12.2. The van der Waals surface area contributed by atoms with E-state index in [4.69, 9.17) is 8.83 Å². The van der Waals surface area contributed by atoms with Gasteiger partial charge in [0.2, 0.25) is 5.91 Å². The molecule has 1 aliphatic rings. The molecule has 0 spiro atoms. The van der Waals surface area contributed by atoms with Gasteiger partial charge in [-0.2, -0.15) is 0 Å². The van der Waals surface area contributed by atoms with Crippen LogP contribution in [0.15, 0.2) is 26.4 Å². The average molecular weight is 349 g/mol. The first-order valence-electron chi connectivity index (χ1n) is 8.34. The second kappa shape index (κ2) is 7.42. The number of furan rings is 1. The summed E-state index contributed by atoms with van der Waals surface area (Å²) in [4.78, 5) is 12.2. The number of aromatic nitrogens is 2. The maximum atomic E-state index is 12.2. The summed E-state index contributed by atoms with van der Waals surface area (Å²) in [5.41, 5.74) is 0.781. The molecule has 0 aromatic carbocycles. The molecular weight excluding hydrogens is 326 g/mol. The first-order valence-corrected chi connectivity index (χ1v) is 9.33. The van der Waals surface area contributed by atoms with Gasteiger partial charge in [-0.25, -0.2) is 0 Å². The highest BCUT2D eigenvalue weighted by Crippen LogP contribution is 2.30. The molecule has 0 bridgehead atoms. The van der Waals surface area contributed by atoms with Gasteiger partial charge in [0.1, 0.15) is 5.76 Å². The highest BCUT2D eigenvalue weighted by atomic mass is 32.2. The second-order valence-electron chi connectivity index (χ2n) is 6.49. The molecule has 1 N–H and O–H groups in total. The summed E-state index contributed by atoms with van der Waals surface area (Å²) < 4.78 is 10.8. The van der Waals surface area contributed by atoms with Crippen molar-refractivity contribution >= 4 is 17.7 Å². The lowest BCUT2D eigenvalue weighted by molar-refractivity contribution is -0.120. The van der Waals surface area contributed by atoms with Gasteiger partial charge in [-0.05, 0) is 31.2 Å². The molecule has 2 heterocycles. The van der Waals surface area contributed by atoms with E-state index in [1.807, 2.05) is 6.92 Å². The molecular formula is C17H23N3O3S. The van der Waals surface area contributed by atoms with Crippen molar-refractivity contribution in [3.63, 3.8) is 0 Å². The Morgan fingerprint density at radius 2 is 2.21 bits per heavy atom. The van der Waals surface area contributed by atoms with Crippen molar-refractivity contribution in [3.05, 3.63) is 18.1 Å². The lowest BCUT2D eigenvalue weighted by atomic mass is 9.78. The van der Waals surface area contributed by atoms with E-state index in [1.54, 1.807) is 12.3 Å². The monoisotopic (exact) mass is 349 g/mol. The highest BCUT2D eigenvalue weighted by Gasteiger charge is 2.28. The number of amides is 1. The summed E-state index contributed by atoms with van der Waals surface area (Å²) in [6.45, 7) is 6.32. The Kier molecular flexibility index (Phi) is 5.28. The van der Waals surface area contributed by atoms with Crippen LogP contribution in [-0.4, -0.2) is 27.9 Å². The van der Waals surface area contributed by atoms with Crippen LogP contribution in [-0.2, 0) is 4.79 Å². The molecule has 0 radical (unpaired) electrons. The Labute approximate surface area is 145 Å². The smallest absolute Gasteiger partial charge is 0.277 e. The van der Waals surface area contributed by atoms with Crippen LogP contribution >= 0.6 is 11.8 Å². The predicted molar refractivity (Wildman–Crippen MR) is 91.6 cm³/mol. The molecule has 0 unspecified atom stereocenters. The quantitative estimate of drug-likeness (QED) is 0.830. The normalized spacial score (nSPS) is 24.0. The molecule has 3 atom stereocenters. The van der Waals surface area contributed by atoms with Gasteiger partial charge >= 0.3 is 0 Å². The van der Waals surface area contributed by atoms with E-state index >= 15 is 0 Å². The molecule has 1 aliphatic carbocycles. The molecule has 2 aromatic rings. The fourth-order valence-corrected chi connectivity index (χ4v) is 3.72. The first-order chi connectivity index (χ1) is 11.5. The summed E-state index contributed by atoms with van der Waals surface area (Å²) >= 11 is 1.26. The van der Waals surface area contributed by atoms with Gasteiger partial charge in [-0.15, -0.1) is 10.2 Å². The van der Waals surface area contributed by atoms with Crippen molar-refractivity contribution in [3.8, 4) is 11.5 Å². The summed E-state index contributed by atoms with van der Waals surface area (Å²) in [6.07, 6.45) is 5.08. The number of rotatable bonds is 5. The minimum absolute atomic E-state index is 0.0187. The van der Waals surface area contributed by atoms with Crippen molar-refractivity contribution < 1.29 is 13.6 Å². The van der Waals surface area contributed by atoms with Crippen LogP contribution < -0.4 is 5.32 Å². The minimum atomic E-state index is 0.0187. The van der Waals surface area contributed by atoms with E-state index in [1.165, 1.54) is 24.6 Å². The fraction of sp³-hybridized carbons (Fsp3) is 0.588. The van der Waals surface area contributed by atoms with E-state index < -0.39 is 0 Å². The zero-order valence-corrected chi connectivity index (χ0v) is 15.1. The van der Waals surface area contributed by atoms with Crippen LogP contribution in [0.3, 0.4) is 0 Å². The van der Waals surface area contributed by atoms with Crippen LogP contribution in [0.1, 0.15) is 38.9 Å². The Bertz CT molecular complexity index is 697. The van der Waals surface area contributed by atoms with E-state index in [0.717, 1.165) is 17.7 Å². The van der Waals surface area contributed by atoms with Crippen molar-refractivity contribution in [1.82, 2.24) is 15.5 Å². The number of hydrogen-bond acceptors (Lipinski definition) is 6. The molecule has 0 aliphatic heterocycles. The first kappa shape index (κ1) is 17.1. The summed E-state index contributed by atoms with van der Waals surface area (Å²) in [5, 5.41) is 11.5. The summed E-state index contributed by atoms with van der Waals surface area (Å²) in [5.74, 6) is 2.63. The van der Waals surface area contributed by atoms with Crippen LogP contribution in [0.2, 0.25) is 0 Å². The molecule has 1 amide bonds. The number of carbonyl (C=O) groups excluding carboxylic acids is 1. The molecule has 1 fully saturated rings. The van der Waals surface area contributed by atoms with E-state index in [-0.39, 0.29) is 17.7 Å². The van der Waals surface area contributed by atoms with Gasteiger partial charge in [0.05, 0.1) is 17.6 Å². The van der Waals surface area contributed by atoms with Crippen molar-refractivity contribution in [2.45, 2.75) is 51.3 Å². The molecule has 2 aromatic heterocycles. The second-order valence-corrected chi connectivity index (χ2v) is 7.42. The fourth-order valence-electron chi connectivity index (χ4n) is 3.15. The molecule has 24 heavy (non-hydrogen) atoms. The van der Waals surface area contributed by atoms with Crippen LogP contribution in [0, 0.1) is 18.8 Å². The van der Waals surface area contributed by atoms with E-state index in [2.05, 4.69) is 29.4 Å². The van der Waals surface area contributed by atoms with Gasteiger partial charge in [0.15, 0.2) is 0 Å². The molecule has 1 saturated carbocycles. The molecule has 6 nitrogen and oxygen atoms in total. The number of nitrogens with one attached hydrogen (secondary N) is 1. The molecule has 3 rings (SSSR count). The van der Waals surface area contributed by atoms with E-state index in [9.17, 15) is 4.79 Å². The Balaban J connectivity index is 1.52. The zero-order valence-electron chi connectivity index (χ0n) is 14.2. The summed E-state index contributed by atoms with van der Waals surface area (Å²) in [6, 6.07) is 2.06. The Hall–Kier alpha value is -1.76. The van der Waals surface area contributed by atoms with Gasteiger partial charge < -0.3 is 14.2 Å².